The predicted octanol–water partition coefficient (Wildman–Crippen LogP) is 3.49. The first-order valence-electron chi connectivity index (χ1n) is 6.49. The normalized spacial score (nSPS) is 15.2. The summed E-state index contributed by atoms with van der Waals surface area (Å²) in [4.78, 5) is 4.41. The van der Waals surface area contributed by atoms with Gasteiger partial charge in [0.25, 0.3) is 0 Å². The van der Waals surface area contributed by atoms with E-state index in [2.05, 4.69) is 4.98 Å². The number of nitrogen functional groups attached to an aromatic ring is 1. The molecule has 0 aliphatic carbocycles. The van der Waals surface area contributed by atoms with Gasteiger partial charge in [0, 0.05) is 18.5 Å². The molecule has 0 fully saturated rings. The van der Waals surface area contributed by atoms with Crippen molar-refractivity contribution in [2.24, 2.45) is 0 Å². The molecule has 3 nitrogen and oxygen atoms in total. The lowest BCUT2D eigenvalue weighted by molar-refractivity contribution is -0.137. The fraction of sp³-hybridized carbons (Fsp3) is 0.357. The van der Waals surface area contributed by atoms with Gasteiger partial charge in [0.2, 0.25) is 0 Å². The van der Waals surface area contributed by atoms with Crippen LogP contribution in [0.25, 0.3) is 11.3 Å². The molecule has 6 heteroatoms. The number of aromatic nitrogens is 2. The second kappa shape index (κ2) is 4.54. The summed E-state index contributed by atoms with van der Waals surface area (Å²) in [6, 6.07) is 5.15. The molecule has 1 aliphatic heterocycles. The van der Waals surface area contributed by atoms with Crippen LogP contribution < -0.4 is 5.73 Å². The summed E-state index contributed by atoms with van der Waals surface area (Å²) in [5.41, 5.74) is 6.22. The van der Waals surface area contributed by atoms with Gasteiger partial charge in [0.05, 0.1) is 5.56 Å². The Bertz CT molecular complexity index is 644. The van der Waals surface area contributed by atoms with Crippen molar-refractivity contribution in [2.45, 2.75) is 32.0 Å². The van der Waals surface area contributed by atoms with Gasteiger partial charge in [-0.3, -0.25) is 0 Å². The minimum absolute atomic E-state index is 0.416. The predicted molar refractivity (Wildman–Crippen MR) is 70.0 cm³/mol. The molecule has 20 heavy (non-hydrogen) atoms. The average molecular weight is 281 g/mol. The summed E-state index contributed by atoms with van der Waals surface area (Å²) >= 11 is 0. The maximum atomic E-state index is 12.8. The van der Waals surface area contributed by atoms with Crippen LogP contribution in [0.5, 0.6) is 0 Å². The van der Waals surface area contributed by atoms with E-state index in [-0.39, 0.29) is 0 Å². The molecular formula is C14H14F3N3. The second-order valence-electron chi connectivity index (χ2n) is 4.95. The third-order valence-electron chi connectivity index (χ3n) is 3.58. The first kappa shape index (κ1) is 13.0. The number of hydrogen-bond donors (Lipinski definition) is 1. The van der Waals surface area contributed by atoms with Crippen molar-refractivity contribution in [2.75, 3.05) is 5.73 Å². The zero-order valence-corrected chi connectivity index (χ0v) is 10.7. The van der Waals surface area contributed by atoms with Crippen molar-refractivity contribution in [3.05, 3.63) is 35.7 Å². The molecule has 0 bridgehead atoms. The quantitative estimate of drug-likeness (QED) is 0.869. The number of hydrogen-bond acceptors (Lipinski definition) is 2. The molecule has 106 valence electrons. The number of halogens is 3. The number of imidazole rings is 1. The minimum Gasteiger partial charge on any atom is -0.383 e. The molecule has 0 spiro atoms. The maximum Gasteiger partial charge on any atom is 0.416 e. The van der Waals surface area contributed by atoms with E-state index in [1.807, 2.05) is 4.57 Å². The molecule has 2 N–H and O–H groups in total. The highest BCUT2D eigenvalue weighted by Crippen LogP contribution is 2.34. The Labute approximate surface area is 114 Å². The first-order chi connectivity index (χ1) is 9.47. The summed E-state index contributed by atoms with van der Waals surface area (Å²) < 4.78 is 40.2. The van der Waals surface area contributed by atoms with E-state index >= 15 is 0 Å². The zero-order valence-electron chi connectivity index (χ0n) is 10.7. The molecular weight excluding hydrogens is 267 g/mol. The van der Waals surface area contributed by atoms with E-state index in [0.717, 1.165) is 43.8 Å². The van der Waals surface area contributed by atoms with E-state index < -0.39 is 11.7 Å². The summed E-state index contributed by atoms with van der Waals surface area (Å²) in [7, 11) is 0. The fourth-order valence-corrected chi connectivity index (χ4v) is 2.56. The number of nitrogens with two attached hydrogens (primary N) is 1. The Morgan fingerprint density at radius 2 is 2.00 bits per heavy atom. The monoisotopic (exact) mass is 281 g/mol. The molecule has 1 aromatic carbocycles. The van der Waals surface area contributed by atoms with Crippen LogP contribution in [-0.2, 0) is 19.1 Å². The fourth-order valence-electron chi connectivity index (χ4n) is 2.56. The first-order valence-corrected chi connectivity index (χ1v) is 6.49. The molecule has 0 radical (unpaired) electrons. The Balaban J connectivity index is 2.08. The van der Waals surface area contributed by atoms with Crippen molar-refractivity contribution >= 4 is 5.82 Å². The van der Waals surface area contributed by atoms with Crippen LogP contribution in [0.15, 0.2) is 24.3 Å². The minimum atomic E-state index is -4.36. The summed E-state index contributed by atoms with van der Waals surface area (Å²) in [6.07, 6.45) is -1.47. The molecule has 3 rings (SSSR count). The summed E-state index contributed by atoms with van der Waals surface area (Å²) in [6.45, 7) is 0.785. The Morgan fingerprint density at radius 3 is 2.70 bits per heavy atom. The van der Waals surface area contributed by atoms with Crippen LogP contribution in [-0.4, -0.2) is 9.55 Å². The molecule has 1 aliphatic rings. The lowest BCUT2D eigenvalue weighted by atomic mass is 10.1. The third kappa shape index (κ3) is 2.15. The standard InChI is InChI=1S/C14H14F3N3/c15-14(16,17)10-5-3-4-9(8-10)12-13(18)20-7-2-1-6-11(20)19-12/h3-5,8H,1-2,6-7,18H2. The van der Waals surface area contributed by atoms with E-state index in [1.54, 1.807) is 6.07 Å². The van der Waals surface area contributed by atoms with Gasteiger partial charge >= 0.3 is 6.18 Å². The summed E-state index contributed by atoms with van der Waals surface area (Å²) in [5.74, 6) is 1.32. The van der Waals surface area contributed by atoms with Gasteiger partial charge in [-0.25, -0.2) is 4.98 Å². The molecule has 2 heterocycles. The molecule has 0 amide bonds. The van der Waals surface area contributed by atoms with Crippen molar-refractivity contribution in [1.29, 1.82) is 0 Å². The highest BCUT2D eigenvalue weighted by atomic mass is 19.4. The van der Waals surface area contributed by atoms with Gasteiger partial charge in [-0.15, -0.1) is 0 Å². The Kier molecular flexibility index (Phi) is 2.96. The molecule has 0 saturated carbocycles. The number of alkyl halides is 3. The second-order valence-corrected chi connectivity index (χ2v) is 4.95. The number of aryl methyl sites for hydroxylation is 1. The number of benzene rings is 1. The highest BCUT2D eigenvalue weighted by molar-refractivity contribution is 5.71. The zero-order chi connectivity index (χ0) is 14.3. The van der Waals surface area contributed by atoms with Crippen molar-refractivity contribution in [3.8, 4) is 11.3 Å². The van der Waals surface area contributed by atoms with Crippen LogP contribution in [0.4, 0.5) is 19.0 Å². The number of nitrogens with zero attached hydrogens (tertiary/aromatic N) is 2. The number of rotatable bonds is 1. The van der Waals surface area contributed by atoms with E-state index in [4.69, 9.17) is 5.73 Å². The van der Waals surface area contributed by atoms with Gasteiger partial charge in [0.15, 0.2) is 0 Å². The van der Waals surface area contributed by atoms with Crippen LogP contribution in [0.1, 0.15) is 24.2 Å². The molecule has 0 unspecified atom stereocenters. The van der Waals surface area contributed by atoms with Gasteiger partial charge in [-0.2, -0.15) is 13.2 Å². The Morgan fingerprint density at radius 1 is 1.20 bits per heavy atom. The number of anilines is 1. The van der Waals surface area contributed by atoms with Gasteiger partial charge < -0.3 is 10.3 Å². The van der Waals surface area contributed by atoms with Crippen LogP contribution in [0.3, 0.4) is 0 Å². The molecule has 1 aromatic heterocycles. The number of fused-ring (bicyclic) bond motifs is 1. The lowest BCUT2D eigenvalue weighted by Crippen LogP contribution is -2.12. The van der Waals surface area contributed by atoms with Crippen LogP contribution in [0, 0.1) is 0 Å². The highest BCUT2D eigenvalue weighted by Gasteiger charge is 2.31. The van der Waals surface area contributed by atoms with E-state index in [0.29, 0.717) is 17.1 Å². The van der Waals surface area contributed by atoms with E-state index in [1.165, 1.54) is 6.07 Å². The van der Waals surface area contributed by atoms with Gasteiger partial charge in [-0.05, 0) is 25.0 Å². The Hall–Kier alpha value is -1.98. The van der Waals surface area contributed by atoms with Crippen molar-refractivity contribution < 1.29 is 13.2 Å². The summed E-state index contributed by atoms with van der Waals surface area (Å²) in [5, 5.41) is 0. The van der Waals surface area contributed by atoms with E-state index in [9.17, 15) is 13.2 Å². The van der Waals surface area contributed by atoms with Gasteiger partial charge in [0.1, 0.15) is 17.3 Å². The molecule has 0 saturated heterocycles. The molecule has 0 atom stereocenters. The molecule has 2 aromatic rings. The van der Waals surface area contributed by atoms with Crippen LogP contribution >= 0.6 is 0 Å². The van der Waals surface area contributed by atoms with Gasteiger partial charge in [-0.1, -0.05) is 12.1 Å². The third-order valence-corrected chi connectivity index (χ3v) is 3.58. The van der Waals surface area contributed by atoms with Crippen molar-refractivity contribution in [1.82, 2.24) is 9.55 Å². The average Bonchev–Trinajstić information content (AvgIpc) is 2.76. The largest absolute Gasteiger partial charge is 0.416 e. The maximum absolute atomic E-state index is 12.8. The topological polar surface area (TPSA) is 43.8 Å². The smallest absolute Gasteiger partial charge is 0.383 e. The SMILES string of the molecule is Nc1c(-c2cccc(C(F)(F)F)c2)nc2n1CCCC2. The van der Waals surface area contributed by atoms with Crippen LogP contribution in [0.2, 0.25) is 0 Å². The van der Waals surface area contributed by atoms with Crippen molar-refractivity contribution in [3.63, 3.8) is 0 Å². The lowest BCUT2D eigenvalue weighted by Gasteiger charge is -2.14.